The number of aliphatic hydroxyl groups is 1. The van der Waals surface area contributed by atoms with E-state index < -0.39 is 17.7 Å². The second-order valence-electron chi connectivity index (χ2n) is 7.18. The van der Waals surface area contributed by atoms with Gasteiger partial charge in [-0.3, -0.25) is 0 Å². The molecule has 0 bridgehead atoms. The zero-order valence-electron chi connectivity index (χ0n) is 17.0. The third kappa shape index (κ3) is 7.81. The predicted molar refractivity (Wildman–Crippen MR) is 112 cm³/mol. The Balaban J connectivity index is 2.05. The molecule has 158 valence electrons. The van der Waals surface area contributed by atoms with Gasteiger partial charge < -0.3 is 15.3 Å². The molecule has 2 N–H and O–H groups in total. The van der Waals surface area contributed by atoms with Gasteiger partial charge in [0.1, 0.15) is 11.6 Å². The molecule has 0 heterocycles. The highest BCUT2D eigenvalue weighted by molar-refractivity contribution is 5.89. The Kier molecular flexibility index (Phi) is 9.57. The third-order valence-electron chi connectivity index (χ3n) is 4.79. The number of carbonyl (C=O) groups is 1. The molecule has 6 heteroatoms. The van der Waals surface area contributed by atoms with Crippen molar-refractivity contribution in [3.8, 4) is 0 Å². The highest BCUT2D eigenvalue weighted by Gasteiger charge is 2.16. The smallest absolute Gasteiger partial charge is 0.322 e. The molecule has 2 amide bonds. The minimum Gasteiger partial charge on any atom is -0.396 e. The van der Waals surface area contributed by atoms with Crippen LogP contribution in [0, 0.1) is 11.6 Å². The number of hydrogen-bond acceptors (Lipinski definition) is 2. The summed E-state index contributed by atoms with van der Waals surface area (Å²) >= 11 is 0. The number of benzene rings is 2. The van der Waals surface area contributed by atoms with Gasteiger partial charge in [0.15, 0.2) is 0 Å². The van der Waals surface area contributed by atoms with Crippen LogP contribution in [-0.2, 0) is 13.0 Å². The number of nitrogens with one attached hydrogen (secondary N) is 1. The van der Waals surface area contributed by atoms with E-state index in [9.17, 15) is 13.6 Å². The van der Waals surface area contributed by atoms with Crippen LogP contribution in [0.25, 0.3) is 0 Å². The number of amides is 2. The zero-order chi connectivity index (χ0) is 21.1. The fraction of sp³-hybridized carbons (Fsp3) is 0.435. The summed E-state index contributed by atoms with van der Waals surface area (Å²) < 4.78 is 27.0. The lowest BCUT2D eigenvalue weighted by Crippen LogP contribution is -2.35. The molecular formula is C23H30F2N2O2. The summed E-state index contributed by atoms with van der Waals surface area (Å²) in [4.78, 5) is 14.4. The SMILES string of the molecule is CCCCCCCN(Cc1ccc(CCO)cc1)C(=O)Nc1ccc(F)cc1F. The van der Waals surface area contributed by atoms with Crippen molar-refractivity contribution in [2.45, 2.75) is 52.0 Å². The standard InChI is InChI=1S/C23H30F2N2O2/c1-2-3-4-5-6-14-27(17-19-9-7-18(8-10-19)13-15-28)23(29)26-22-12-11-20(24)16-21(22)25/h7-12,16,28H,2-6,13-15,17H2,1H3,(H,26,29). The molecule has 0 aromatic heterocycles. The number of halogens is 2. The Labute approximate surface area is 171 Å². The average Bonchev–Trinajstić information content (AvgIpc) is 2.70. The van der Waals surface area contributed by atoms with E-state index in [1.807, 2.05) is 24.3 Å². The summed E-state index contributed by atoms with van der Waals surface area (Å²) in [5, 5.41) is 11.6. The molecule has 2 aromatic rings. The lowest BCUT2D eigenvalue weighted by molar-refractivity contribution is 0.207. The molecule has 2 aromatic carbocycles. The zero-order valence-corrected chi connectivity index (χ0v) is 17.0. The maximum Gasteiger partial charge on any atom is 0.322 e. The molecule has 0 saturated carbocycles. The molecule has 0 aliphatic rings. The fourth-order valence-electron chi connectivity index (χ4n) is 3.10. The Morgan fingerprint density at radius 3 is 2.34 bits per heavy atom. The van der Waals surface area contributed by atoms with Crippen molar-refractivity contribution < 1.29 is 18.7 Å². The minimum atomic E-state index is -0.797. The van der Waals surface area contributed by atoms with Crippen LogP contribution < -0.4 is 5.32 Å². The maximum absolute atomic E-state index is 13.9. The Morgan fingerprint density at radius 1 is 1.00 bits per heavy atom. The first-order valence-corrected chi connectivity index (χ1v) is 10.2. The van der Waals surface area contributed by atoms with Crippen molar-refractivity contribution >= 4 is 11.7 Å². The number of hydrogen-bond donors (Lipinski definition) is 2. The first kappa shape index (κ1) is 22.8. The van der Waals surface area contributed by atoms with Crippen LogP contribution in [0.1, 0.15) is 50.2 Å². The molecule has 0 aliphatic carbocycles. The van der Waals surface area contributed by atoms with Gasteiger partial charge in [-0.25, -0.2) is 13.6 Å². The Bertz CT molecular complexity index is 766. The van der Waals surface area contributed by atoms with E-state index in [1.54, 1.807) is 4.90 Å². The van der Waals surface area contributed by atoms with Crippen LogP contribution in [0.4, 0.5) is 19.3 Å². The Hall–Kier alpha value is -2.47. The van der Waals surface area contributed by atoms with Crippen LogP contribution in [0.15, 0.2) is 42.5 Å². The highest BCUT2D eigenvalue weighted by atomic mass is 19.1. The summed E-state index contributed by atoms with van der Waals surface area (Å²) in [5.41, 5.74) is 1.95. The van der Waals surface area contributed by atoms with Gasteiger partial charge in [-0.2, -0.15) is 0 Å². The van der Waals surface area contributed by atoms with Crippen LogP contribution in [0.5, 0.6) is 0 Å². The molecule has 29 heavy (non-hydrogen) atoms. The quantitative estimate of drug-likeness (QED) is 0.486. The Morgan fingerprint density at radius 2 is 1.69 bits per heavy atom. The minimum absolute atomic E-state index is 0.0364. The summed E-state index contributed by atoms with van der Waals surface area (Å²) in [5.74, 6) is -1.48. The summed E-state index contributed by atoms with van der Waals surface area (Å²) in [6, 6.07) is 10.4. The van der Waals surface area contributed by atoms with Gasteiger partial charge in [-0.1, -0.05) is 56.9 Å². The molecule has 0 fully saturated rings. The number of nitrogens with zero attached hydrogens (tertiary/aromatic N) is 1. The van der Waals surface area contributed by atoms with E-state index in [0.29, 0.717) is 19.5 Å². The number of carbonyl (C=O) groups excluding carboxylic acids is 1. The van der Waals surface area contributed by atoms with Crippen molar-refractivity contribution in [3.05, 3.63) is 65.2 Å². The van der Waals surface area contributed by atoms with Gasteiger partial charge in [0.05, 0.1) is 5.69 Å². The number of rotatable bonds is 11. The normalized spacial score (nSPS) is 10.8. The molecule has 0 unspecified atom stereocenters. The first-order valence-electron chi connectivity index (χ1n) is 10.2. The van der Waals surface area contributed by atoms with Crippen LogP contribution in [-0.4, -0.2) is 29.2 Å². The van der Waals surface area contributed by atoms with Crippen molar-refractivity contribution in [1.82, 2.24) is 4.90 Å². The van der Waals surface area contributed by atoms with E-state index >= 15 is 0 Å². The van der Waals surface area contributed by atoms with Gasteiger partial charge in [0.25, 0.3) is 0 Å². The van der Waals surface area contributed by atoms with E-state index in [-0.39, 0.29) is 12.3 Å². The number of anilines is 1. The van der Waals surface area contributed by atoms with E-state index in [0.717, 1.165) is 48.9 Å². The molecule has 2 rings (SSSR count). The van der Waals surface area contributed by atoms with Crippen molar-refractivity contribution in [3.63, 3.8) is 0 Å². The van der Waals surface area contributed by atoms with Crippen molar-refractivity contribution in [2.75, 3.05) is 18.5 Å². The van der Waals surface area contributed by atoms with Gasteiger partial charge >= 0.3 is 6.03 Å². The largest absolute Gasteiger partial charge is 0.396 e. The topological polar surface area (TPSA) is 52.6 Å². The third-order valence-corrected chi connectivity index (χ3v) is 4.79. The fourth-order valence-corrected chi connectivity index (χ4v) is 3.10. The molecule has 0 saturated heterocycles. The average molecular weight is 405 g/mol. The maximum atomic E-state index is 13.9. The lowest BCUT2D eigenvalue weighted by Gasteiger charge is -2.23. The van der Waals surface area contributed by atoms with Crippen LogP contribution in [0.3, 0.4) is 0 Å². The van der Waals surface area contributed by atoms with Gasteiger partial charge in [-0.05, 0) is 36.1 Å². The molecule has 4 nitrogen and oxygen atoms in total. The molecule has 0 spiro atoms. The highest BCUT2D eigenvalue weighted by Crippen LogP contribution is 2.17. The second kappa shape index (κ2) is 12.2. The first-order chi connectivity index (χ1) is 14.0. The number of aliphatic hydroxyl groups excluding tert-OH is 1. The molecular weight excluding hydrogens is 374 g/mol. The summed E-state index contributed by atoms with van der Waals surface area (Å²) in [6.45, 7) is 3.19. The summed E-state index contributed by atoms with van der Waals surface area (Å²) in [6.07, 6.45) is 5.91. The van der Waals surface area contributed by atoms with Crippen molar-refractivity contribution in [1.29, 1.82) is 0 Å². The second-order valence-corrected chi connectivity index (χ2v) is 7.18. The molecule has 0 aliphatic heterocycles. The van der Waals surface area contributed by atoms with Gasteiger partial charge in [0.2, 0.25) is 0 Å². The molecule has 0 radical (unpaired) electrons. The monoisotopic (exact) mass is 404 g/mol. The summed E-state index contributed by atoms with van der Waals surface area (Å²) in [7, 11) is 0. The predicted octanol–water partition coefficient (Wildman–Crippen LogP) is 5.50. The van der Waals surface area contributed by atoms with Crippen LogP contribution >= 0.6 is 0 Å². The van der Waals surface area contributed by atoms with Crippen molar-refractivity contribution in [2.24, 2.45) is 0 Å². The number of urea groups is 1. The van der Waals surface area contributed by atoms with Gasteiger partial charge in [-0.15, -0.1) is 0 Å². The van der Waals surface area contributed by atoms with E-state index in [1.165, 1.54) is 12.5 Å². The van der Waals surface area contributed by atoms with Gasteiger partial charge in [0, 0.05) is 25.8 Å². The molecule has 0 atom stereocenters. The van der Waals surface area contributed by atoms with E-state index in [2.05, 4.69) is 12.2 Å². The van der Waals surface area contributed by atoms with E-state index in [4.69, 9.17) is 5.11 Å². The van der Waals surface area contributed by atoms with Crippen LogP contribution in [0.2, 0.25) is 0 Å². The lowest BCUT2D eigenvalue weighted by atomic mass is 10.1. The number of unbranched alkanes of at least 4 members (excludes halogenated alkanes) is 4.